The van der Waals surface area contributed by atoms with E-state index in [2.05, 4.69) is 30.0 Å². The molecule has 0 aliphatic heterocycles. The van der Waals surface area contributed by atoms with Gasteiger partial charge in [-0.2, -0.15) is 10.4 Å². The number of nitrogens with zero attached hydrogens (tertiary/aromatic N) is 4. The van der Waals surface area contributed by atoms with Gasteiger partial charge in [-0.3, -0.25) is 4.68 Å². The number of para-hydroxylation sites is 1. The van der Waals surface area contributed by atoms with Gasteiger partial charge in [-0.1, -0.05) is 32.0 Å². The lowest BCUT2D eigenvalue weighted by atomic mass is 9.76. The zero-order valence-electron chi connectivity index (χ0n) is 14.1. The maximum Gasteiger partial charge on any atom is 0.137 e. The molecule has 0 N–H and O–H groups in total. The zero-order chi connectivity index (χ0) is 16.7. The summed E-state index contributed by atoms with van der Waals surface area (Å²) in [5.41, 5.74) is 0.254. The second-order valence-electron chi connectivity index (χ2n) is 6.15. The molecule has 122 valence electrons. The highest BCUT2D eigenvalue weighted by Crippen LogP contribution is 2.37. The van der Waals surface area contributed by atoms with Gasteiger partial charge in [-0.05, 0) is 31.7 Å². The molecule has 0 fully saturated rings. The molecule has 1 heterocycles. The summed E-state index contributed by atoms with van der Waals surface area (Å²) in [5, 5.41) is 14.3. The van der Waals surface area contributed by atoms with Gasteiger partial charge in [0, 0.05) is 5.56 Å². The van der Waals surface area contributed by atoms with E-state index >= 15 is 0 Å². The van der Waals surface area contributed by atoms with E-state index < -0.39 is 5.41 Å². The number of benzene rings is 1. The number of hydrogen-bond donors (Lipinski definition) is 0. The van der Waals surface area contributed by atoms with Crippen LogP contribution in [0.15, 0.2) is 36.9 Å². The van der Waals surface area contributed by atoms with Crippen molar-refractivity contribution < 1.29 is 4.74 Å². The lowest BCUT2D eigenvalue weighted by Crippen LogP contribution is -2.31. The SMILES string of the molecule is CCOc1ccccc1C(C#N)(CCC(C)C)Cn1cncn1. The van der Waals surface area contributed by atoms with Gasteiger partial charge >= 0.3 is 0 Å². The van der Waals surface area contributed by atoms with Gasteiger partial charge in [0.1, 0.15) is 23.8 Å². The molecule has 1 aromatic carbocycles. The van der Waals surface area contributed by atoms with Crippen molar-refractivity contribution in [3.8, 4) is 11.8 Å². The Hall–Kier alpha value is -2.35. The van der Waals surface area contributed by atoms with E-state index in [-0.39, 0.29) is 0 Å². The van der Waals surface area contributed by atoms with Crippen LogP contribution in [0.1, 0.15) is 39.2 Å². The highest BCUT2D eigenvalue weighted by Gasteiger charge is 2.36. The lowest BCUT2D eigenvalue weighted by Gasteiger charge is -2.29. The molecule has 0 spiro atoms. The number of nitriles is 1. The Morgan fingerprint density at radius 1 is 1.35 bits per heavy atom. The Kier molecular flexibility index (Phi) is 5.75. The van der Waals surface area contributed by atoms with Crippen molar-refractivity contribution in [1.29, 1.82) is 5.26 Å². The monoisotopic (exact) mass is 312 g/mol. The molecule has 5 nitrogen and oxygen atoms in total. The second kappa shape index (κ2) is 7.77. The minimum atomic E-state index is -0.677. The molecule has 0 bridgehead atoms. The van der Waals surface area contributed by atoms with Gasteiger partial charge in [0.15, 0.2) is 0 Å². The Balaban J connectivity index is 2.45. The van der Waals surface area contributed by atoms with Crippen LogP contribution in [0.4, 0.5) is 0 Å². The second-order valence-corrected chi connectivity index (χ2v) is 6.15. The van der Waals surface area contributed by atoms with E-state index in [1.54, 1.807) is 11.0 Å². The van der Waals surface area contributed by atoms with E-state index in [1.807, 2.05) is 31.2 Å². The van der Waals surface area contributed by atoms with E-state index in [9.17, 15) is 5.26 Å². The summed E-state index contributed by atoms with van der Waals surface area (Å²) in [4.78, 5) is 4.00. The first-order valence-corrected chi connectivity index (χ1v) is 8.07. The Bertz CT molecular complexity index is 645. The molecular weight excluding hydrogens is 288 g/mol. The smallest absolute Gasteiger partial charge is 0.137 e. The van der Waals surface area contributed by atoms with Gasteiger partial charge in [0.05, 0.1) is 19.2 Å². The maximum absolute atomic E-state index is 10.1. The van der Waals surface area contributed by atoms with Crippen LogP contribution in [0.5, 0.6) is 5.75 Å². The van der Waals surface area contributed by atoms with E-state index in [4.69, 9.17) is 4.74 Å². The lowest BCUT2D eigenvalue weighted by molar-refractivity contribution is 0.312. The molecular formula is C18H24N4O. The van der Waals surface area contributed by atoms with Crippen molar-refractivity contribution >= 4 is 0 Å². The molecule has 1 aromatic heterocycles. The fourth-order valence-corrected chi connectivity index (χ4v) is 2.72. The van der Waals surface area contributed by atoms with Crippen molar-refractivity contribution in [2.24, 2.45) is 5.92 Å². The van der Waals surface area contributed by atoms with Crippen molar-refractivity contribution in [3.05, 3.63) is 42.5 Å². The van der Waals surface area contributed by atoms with Crippen LogP contribution in [-0.4, -0.2) is 21.4 Å². The standard InChI is InChI=1S/C18H24N4O/c1-4-23-17-8-6-5-7-16(17)18(11-19,10-9-15(2)3)12-22-14-20-13-21-22/h5-8,13-15H,4,9-10,12H2,1-3H3. The largest absolute Gasteiger partial charge is 0.494 e. The summed E-state index contributed by atoms with van der Waals surface area (Å²) in [6, 6.07) is 10.4. The van der Waals surface area contributed by atoms with Crippen LogP contribution in [0.2, 0.25) is 0 Å². The first-order valence-electron chi connectivity index (χ1n) is 8.07. The summed E-state index contributed by atoms with van der Waals surface area (Å²) in [6.45, 7) is 7.35. The normalized spacial score (nSPS) is 13.5. The number of rotatable bonds is 8. The van der Waals surface area contributed by atoms with E-state index in [0.29, 0.717) is 19.1 Å². The topological polar surface area (TPSA) is 63.7 Å². The van der Waals surface area contributed by atoms with Crippen molar-refractivity contribution in [2.75, 3.05) is 6.61 Å². The minimum absolute atomic E-state index is 0.473. The molecule has 23 heavy (non-hydrogen) atoms. The minimum Gasteiger partial charge on any atom is -0.494 e. The molecule has 1 unspecified atom stereocenters. The number of ether oxygens (including phenoxy) is 1. The third-order valence-electron chi connectivity index (χ3n) is 3.96. The van der Waals surface area contributed by atoms with Crippen LogP contribution in [0, 0.1) is 17.2 Å². The van der Waals surface area contributed by atoms with Gasteiger partial charge in [0.2, 0.25) is 0 Å². The third-order valence-corrected chi connectivity index (χ3v) is 3.96. The Labute approximate surface area is 137 Å². The zero-order valence-corrected chi connectivity index (χ0v) is 14.1. The van der Waals surface area contributed by atoms with E-state index in [0.717, 1.165) is 24.2 Å². The van der Waals surface area contributed by atoms with Crippen molar-refractivity contribution in [2.45, 2.75) is 45.6 Å². The van der Waals surface area contributed by atoms with Gasteiger partial charge in [-0.25, -0.2) is 4.98 Å². The summed E-state index contributed by atoms with van der Waals surface area (Å²) >= 11 is 0. The fraction of sp³-hybridized carbons (Fsp3) is 0.500. The summed E-state index contributed by atoms with van der Waals surface area (Å²) in [6.07, 6.45) is 4.87. The predicted octanol–water partition coefficient (Wildman–Crippen LogP) is 3.57. The maximum atomic E-state index is 10.1. The molecule has 0 radical (unpaired) electrons. The molecule has 0 aliphatic rings. The Morgan fingerprint density at radius 2 is 2.13 bits per heavy atom. The van der Waals surface area contributed by atoms with Gasteiger partial charge in [-0.15, -0.1) is 0 Å². The first kappa shape index (κ1) is 17.0. The molecule has 2 rings (SSSR count). The molecule has 5 heteroatoms. The highest BCUT2D eigenvalue weighted by molar-refractivity contribution is 5.43. The van der Waals surface area contributed by atoms with Crippen LogP contribution in [-0.2, 0) is 12.0 Å². The summed E-state index contributed by atoms with van der Waals surface area (Å²) < 4.78 is 7.50. The van der Waals surface area contributed by atoms with Crippen LogP contribution >= 0.6 is 0 Å². The quantitative estimate of drug-likeness (QED) is 0.747. The molecule has 0 saturated carbocycles. The molecule has 0 amide bonds. The van der Waals surface area contributed by atoms with Gasteiger partial charge in [0.25, 0.3) is 0 Å². The molecule has 2 aromatic rings. The van der Waals surface area contributed by atoms with Gasteiger partial charge < -0.3 is 4.74 Å². The van der Waals surface area contributed by atoms with Crippen LogP contribution in [0.25, 0.3) is 0 Å². The van der Waals surface area contributed by atoms with E-state index in [1.165, 1.54) is 6.33 Å². The number of hydrogen-bond acceptors (Lipinski definition) is 4. The average Bonchev–Trinajstić information content (AvgIpc) is 3.05. The van der Waals surface area contributed by atoms with Crippen LogP contribution < -0.4 is 4.74 Å². The first-order chi connectivity index (χ1) is 11.1. The molecule has 0 saturated heterocycles. The molecule has 0 aliphatic carbocycles. The summed E-state index contributed by atoms with van der Waals surface area (Å²) in [5.74, 6) is 1.30. The summed E-state index contributed by atoms with van der Waals surface area (Å²) in [7, 11) is 0. The Morgan fingerprint density at radius 3 is 2.74 bits per heavy atom. The number of aromatic nitrogens is 3. The highest BCUT2D eigenvalue weighted by atomic mass is 16.5. The third kappa shape index (κ3) is 4.10. The van der Waals surface area contributed by atoms with Crippen molar-refractivity contribution in [3.63, 3.8) is 0 Å². The predicted molar refractivity (Wildman–Crippen MR) is 89.0 cm³/mol. The average molecular weight is 312 g/mol. The van der Waals surface area contributed by atoms with Crippen LogP contribution in [0.3, 0.4) is 0 Å². The molecule has 1 atom stereocenters. The van der Waals surface area contributed by atoms with Crippen molar-refractivity contribution in [1.82, 2.24) is 14.8 Å². The fourth-order valence-electron chi connectivity index (χ4n) is 2.72.